The fourth-order valence-corrected chi connectivity index (χ4v) is 24.3. The number of unbranched alkanes of at least 4 members (excludes halogenated alkanes) is 3. The molecule has 144 valence electrons. The van der Waals surface area contributed by atoms with Crippen LogP contribution >= 0.6 is 11.3 Å². The Hall–Kier alpha value is -0.281. The summed E-state index contributed by atoms with van der Waals surface area (Å²) < 4.78 is 6.55. The normalized spacial score (nSPS) is 11.9. The van der Waals surface area contributed by atoms with Crippen LogP contribution in [0.4, 0.5) is 0 Å². The molecule has 0 bridgehead atoms. The summed E-state index contributed by atoms with van der Waals surface area (Å²) in [6, 6.07) is 12.0. The van der Waals surface area contributed by atoms with Crippen molar-refractivity contribution in [2.75, 3.05) is 0 Å². The molecular weight excluding hydrogens is 439 g/mol. The summed E-state index contributed by atoms with van der Waals surface area (Å²) in [5.74, 6) is 0. The van der Waals surface area contributed by atoms with Crippen molar-refractivity contribution in [2.24, 2.45) is 0 Å². The fourth-order valence-electron chi connectivity index (χ4n) is 4.19. The second-order valence-corrected chi connectivity index (χ2v) is 23.4. The molecule has 1 aromatic heterocycles. The van der Waals surface area contributed by atoms with E-state index >= 15 is 0 Å². The molecule has 0 radical (unpaired) electrons. The molecule has 0 aliphatic heterocycles. The van der Waals surface area contributed by atoms with Crippen LogP contribution in [0.15, 0.2) is 30.3 Å². The van der Waals surface area contributed by atoms with Gasteiger partial charge in [-0.05, 0) is 0 Å². The number of rotatable bonds is 11. The summed E-state index contributed by atoms with van der Waals surface area (Å²) in [5, 5.41) is 0. The number of hydrogen-bond acceptors (Lipinski definition) is 1. The van der Waals surface area contributed by atoms with Gasteiger partial charge in [0.05, 0.1) is 0 Å². The van der Waals surface area contributed by atoms with Crippen molar-refractivity contribution >= 4 is 32.6 Å². The Morgan fingerprint density at radius 3 is 1.69 bits per heavy atom. The van der Waals surface area contributed by atoms with E-state index in [-0.39, 0.29) is 0 Å². The molecule has 0 saturated heterocycles. The first-order valence-corrected chi connectivity index (χ1v) is 19.0. The maximum atomic E-state index is 2.55. The van der Waals surface area contributed by atoms with Crippen molar-refractivity contribution in [3.05, 3.63) is 41.5 Å². The quantitative estimate of drug-likeness (QED) is 0.287. The first-order chi connectivity index (χ1) is 12.5. The van der Waals surface area contributed by atoms with Crippen LogP contribution in [0.5, 0.6) is 0 Å². The maximum absolute atomic E-state index is 2.55. The van der Waals surface area contributed by atoms with Crippen LogP contribution in [0.2, 0.25) is 13.3 Å². The average molecular weight is 477 g/mol. The van der Waals surface area contributed by atoms with Gasteiger partial charge in [0, 0.05) is 0 Å². The topological polar surface area (TPSA) is 0 Å². The molecular formula is C24H38SSn. The Balaban J connectivity index is 2.38. The molecule has 1 aromatic carbocycles. The zero-order valence-electron chi connectivity index (χ0n) is 17.7. The number of hydrogen-bond donors (Lipinski definition) is 0. The Morgan fingerprint density at radius 2 is 1.23 bits per heavy atom. The minimum absolute atomic E-state index is 1.35. The van der Waals surface area contributed by atoms with Gasteiger partial charge in [0.15, 0.2) is 0 Å². The Labute approximate surface area is 170 Å². The van der Waals surface area contributed by atoms with Gasteiger partial charge in [0.2, 0.25) is 0 Å². The summed E-state index contributed by atoms with van der Waals surface area (Å²) in [6.07, 6.45) is 8.39. The third-order valence-corrected chi connectivity index (χ3v) is 25.1. The zero-order chi connectivity index (χ0) is 19.0. The molecule has 0 saturated carbocycles. The second-order valence-electron chi connectivity index (χ2n) is 8.13. The van der Waals surface area contributed by atoms with Gasteiger partial charge in [0.25, 0.3) is 0 Å². The molecule has 0 aliphatic carbocycles. The monoisotopic (exact) mass is 478 g/mol. The summed E-state index contributed by atoms with van der Waals surface area (Å²) >= 11 is -0.102. The van der Waals surface area contributed by atoms with Crippen LogP contribution in [-0.4, -0.2) is 18.4 Å². The van der Waals surface area contributed by atoms with Crippen LogP contribution in [0, 0.1) is 13.8 Å². The Bertz CT molecular complexity index is 629. The molecule has 0 fully saturated rings. The molecule has 26 heavy (non-hydrogen) atoms. The molecule has 0 amide bonds. The molecule has 2 aromatic rings. The minimum atomic E-state index is -2.26. The summed E-state index contributed by atoms with van der Waals surface area (Å²) in [6.45, 7) is 11.5. The van der Waals surface area contributed by atoms with E-state index in [2.05, 4.69) is 76.3 Å². The van der Waals surface area contributed by atoms with E-state index < -0.39 is 18.4 Å². The number of aryl methyl sites for hydroxylation is 2. The van der Waals surface area contributed by atoms with Gasteiger partial charge in [-0.3, -0.25) is 0 Å². The zero-order valence-corrected chi connectivity index (χ0v) is 21.3. The Morgan fingerprint density at radius 1 is 0.731 bits per heavy atom. The molecule has 0 N–H and O–H groups in total. The van der Waals surface area contributed by atoms with Gasteiger partial charge >= 0.3 is 171 Å². The number of benzene rings is 1. The molecule has 0 nitrogen and oxygen atoms in total. The summed E-state index contributed by atoms with van der Waals surface area (Å²) in [5.41, 5.74) is 4.20. The van der Waals surface area contributed by atoms with Crippen LogP contribution in [0.1, 0.15) is 70.4 Å². The van der Waals surface area contributed by atoms with E-state index in [4.69, 9.17) is 0 Å². The van der Waals surface area contributed by atoms with Gasteiger partial charge < -0.3 is 0 Å². The van der Waals surface area contributed by atoms with Crippen molar-refractivity contribution in [1.29, 1.82) is 0 Å². The number of thiophene rings is 1. The molecule has 1 heterocycles. The van der Waals surface area contributed by atoms with Gasteiger partial charge in [-0.1, -0.05) is 0 Å². The van der Waals surface area contributed by atoms with Gasteiger partial charge in [-0.2, -0.15) is 0 Å². The summed E-state index contributed by atoms with van der Waals surface area (Å²) in [7, 11) is 0. The predicted molar refractivity (Wildman–Crippen MR) is 124 cm³/mol. The van der Waals surface area contributed by atoms with Crippen molar-refractivity contribution in [3.63, 3.8) is 0 Å². The average Bonchev–Trinajstić information content (AvgIpc) is 3.11. The van der Waals surface area contributed by atoms with Gasteiger partial charge in [-0.15, -0.1) is 0 Å². The van der Waals surface area contributed by atoms with E-state index in [0.29, 0.717) is 0 Å². The van der Waals surface area contributed by atoms with E-state index in [1.807, 2.05) is 2.89 Å². The third kappa shape index (κ3) is 5.86. The van der Waals surface area contributed by atoms with E-state index in [1.165, 1.54) is 60.1 Å². The fraction of sp³-hybridized carbons (Fsp3) is 0.583. The predicted octanol–water partition coefficient (Wildman–Crippen LogP) is 8.09. The first kappa shape index (κ1) is 22.0. The van der Waals surface area contributed by atoms with Crippen molar-refractivity contribution < 1.29 is 0 Å². The molecule has 0 spiro atoms. The molecule has 2 heteroatoms. The van der Waals surface area contributed by atoms with Crippen molar-refractivity contribution in [3.8, 4) is 10.4 Å². The van der Waals surface area contributed by atoms with Crippen molar-refractivity contribution in [2.45, 2.75) is 86.5 Å². The molecule has 0 aliphatic rings. The molecule has 0 atom stereocenters. The van der Waals surface area contributed by atoms with Crippen molar-refractivity contribution in [1.82, 2.24) is 0 Å². The van der Waals surface area contributed by atoms with Crippen LogP contribution in [0.3, 0.4) is 0 Å². The first-order valence-electron chi connectivity index (χ1n) is 10.7. The van der Waals surface area contributed by atoms with Crippen LogP contribution in [-0.2, 0) is 0 Å². The van der Waals surface area contributed by atoms with E-state index in [9.17, 15) is 0 Å². The molecule has 2 rings (SSSR count). The van der Waals surface area contributed by atoms with E-state index in [1.54, 1.807) is 13.3 Å². The van der Waals surface area contributed by atoms with Gasteiger partial charge in [-0.25, -0.2) is 0 Å². The third-order valence-electron chi connectivity index (χ3n) is 5.66. The molecule has 0 unspecified atom stereocenters. The standard InChI is InChI=1S/C12H11S.3C4H9.Sn/c1-9-6-10(2)8-11(7-9)12-4-3-5-13-12;3*1-3-4-2;/h3-4,6-8H,1-2H3;3*1,3-4H2,2H3;. The van der Waals surface area contributed by atoms with E-state index in [0.717, 1.165) is 0 Å². The van der Waals surface area contributed by atoms with Gasteiger partial charge in [0.1, 0.15) is 0 Å². The summed E-state index contributed by atoms with van der Waals surface area (Å²) in [4.78, 5) is 1.50. The SMILES string of the molecule is CCC[CH2][Sn]([CH2]CCC)([CH2]CCC)[c]1ccc(-c2cc(C)cc(C)c2)s1. The van der Waals surface area contributed by atoms with Crippen LogP contribution < -0.4 is 2.89 Å². The van der Waals surface area contributed by atoms with Crippen LogP contribution in [0.25, 0.3) is 10.4 Å². The second kappa shape index (κ2) is 10.9. The Kier molecular flexibility index (Phi) is 9.23.